The third-order valence-electron chi connectivity index (χ3n) is 4.32. The van der Waals surface area contributed by atoms with E-state index in [2.05, 4.69) is 35.7 Å². The van der Waals surface area contributed by atoms with Gasteiger partial charge in [0, 0.05) is 20.9 Å². The van der Waals surface area contributed by atoms with Crippen LogP contribution in [0.1, 0.15) is 39.8 Å². The summed E-state index contributed by atoms with van der Waals surface area (Å²) in [6.07, 6.45) is 5.36. The van der Waals surface area contributed by atoms with E-state index in [1.54, 1.807) is 11.3 Å². The Morgan fingerprint density at radius 2 is 2.00 bits per heavy atom. The van der Waals surface area contributed by atoms with Crippen LogP contribution in [0.4, 0.5) is 0 Å². The molecule has 3 aromatic rings. The van der Waals surface area contributed by atoms with Gasteiger partial charge in [-0.2, -0.15) is 0 Å². The van der Waals surface area contributed by atoms with Crippen LogP contribution in [0, 0.1) is 0 Å². The highest BCUT2D eigenvalue weighted by molar-refractivity contribution is 7.17. The number of hydrogen-bond acceptors (Lipinski definition) is 3. The molecule has 0 radical (unpaired) electrons. The molecule has 108 valence electrons. The minimum atomic E-state index is -0.362. The maximum atomic E-state index is 10.6. The smallest absolute Gasteiger partial charge is 0.0922 e. The number of rotatable bonds is 3. The fourth-order valence-corrected chi connectivity index (χ4v) is 5.40. The molecule has 1 aliphatic rings. The second-order valence-corrected chi connectivity index (χ2v) is 7.86. The van der Waals surface area contributed by atoms with Crippen molar-refractivity contribution in [2.45, 2.75) is 38.2 Å². The minimum absolute atomic E-state index is 0.362. The molecule has 1 aromatic carbocycles. The number of aryl methyl sites for hydroxylation is 2. The summed E-state index contributed by atoms with van der Waals surface area (Å²) in [5, 5.41) is 14.1. The average molecular weight is 314 g/mol. The molecule has 2 heterocycles. The summed E-state index contributed by atoms with van der Waals surface area (Å²) in [6.45, 7) is 0. The first-order valence-corrected chi connectivity index (χ1v) is 9.25. The van der Waals surface area contributed by atoms with Crippen molar-refractivity contribution in [2.24, 2.45) is 0 Å². The van der Waals surface area contributed by atoms with Crippen molar-refractivity contribution in [3.63, 3.8) is 0 Å². The van der Waals surface area contributed by atoms with Gasteiger partial charge in [0.1, 0.15) is 0 Å². The molecule has 1 nitrogen and oxygen atoms in total. The van der Waals surface area contributed by atoms with Gasteiger partial charge in [-0.25, -0.2) is 0 Å². The monoisotopic (exact) mass is 314 g/mol. The second kappa shape index (κ2) is 5.56. The summed E-state index contributed by atoms with van der Waals surface area (Å²) in [7, 11) is 0. The molecule has 1 N–H and O–H groups in total. The number of aliphatic hydroxyl groups excluding tert-OH is 1. The molecule has 0 saturated carbocycles. The molecular weight excluding hydrogens is 296 g/mol. The van der Waals surface area contributed by atoms with E-state index in [1.165, 1.54) is 51.8 Å². The van der Waals surface area contributed by atoms with Crippen LogP contribution in [0.2, 0.25) is 0 Å². The van der Waals surface area contributed by atoms with Gasteiger partial charge in [-0.1, -0.05) is 18.2 Å². The summed E-state index contributed by atoms with van der Waals surface area (Å²) in [4.78, 5) is 2.66. The molecule has 1 aliphatic carbocycles. The second-order valence-electron chi connectivity index (χ2n) is 5.78. The summed E-state index contributed by atoms with van der Waals surface area (Å²) in [5.41, 5.74) is 2.75. The van der Waals surface area contributed by atoms with Gasteiger partial charge in [-0.3, -0.25) is 0 Å². The normalized spacial score (nSPS) is 16.0. The number of aliphatic hydroxyl groups is 1. The van der Waals surface area contributed by atoms with E-state index in [0.29, 0.717) is 0 Å². The Morgan fingerprint density at radius 1 is 1.14 bits per heavy atom. The Balaban J connectivity index is 1.60. The lowest BCUT2D eigenvalue weighted by Crippen LogP contribution is -1.99. The van der Waals surface area contributed by atoms with Gasteiger partial charge in [0.15, 0.2) is 0 Å². The molecule has 1 atom stereocenters. The van der Waals surface area contributed by atoms with Crippen molar-refractivity contribution in [3.05, 3.63) is 56.6 Å². The third kappa shape index (κ3) is 2.54. The van der Waals surface area contributed by atoms with E-state index < -0.39 is 0 Å². The Labute approximate surface area is 132 Å². The first-order valence-electron chi connectivity index (χ1n) is 7.56. The van der Waals surface area contributed by atoms with Crippen molar-refractivity contribution in [3.8, 4) is 0 Å². The van der Waals surface area contributed by atoms with Gasteiger partial charge in [-0.05, 0) is 59.7 Å². The van der Waals surface area contributed by atoms with Gasteiger partial charge < -0.3 is 5.11 Å². The maximum Gasteiger partial charge on any atom is 0.0922 e. The lowest BCUT2D eigenvalue weighted by atomic mass is 9.98. The highest BCUT2D eigenvalue weighted by Crippen LogP contribution is 2.35. The predicted octanol–water partition coefficient (Wildman–Crippen LogP) is 5.12. The van der Waals surface area contributed by atoms with Crippen LogP contribution in [-0.4, -0.2) is 5.11 Å². The molecule has 0 spiro atoms. The molecule has 3 heteroatoms. The molecule has 0 aliphatic heterocycles. The number of hydrogen-bond donors (Lipinski definition) is 1. The lowest BCUT2D eigenvalue weighted by Gasteiger charge is -2.08. The fourth-order valence-electron chi connectivity index (χ4n) is 3.18. The van der Waals surface area contributed by atoms with E-state index in [-0.39, 0.29) is 6.10 Å². The zero-order chi connectivity index (χ0) is 14.2. The number of benzene rings is 1. The molecule has 0 amide bonds. The van der Waals surface area contributed by atoms with Crippen LogP contribution in [0.3, 0.4) is 0 Å². The summed E-state index contributed by atoms with van der Waals surface area (Å²) in [6, 6.07) is 10.7. The van der Waals surface area contributed by atoms with Crippen molar-refractivity contribution in [2.75, 3.05) is 0 Å². The highest BCUT2D eigenvalue weighted by atomic mass is 32.1. The van der Waals surface area contributed by atoms with Crippen LogP contribution < -0.4 is 0 Å². The summed E-state index contributed by atoms with van der Waals surface area (Å²) >= 11 is 3.59. The minimum Gasteiger partial charge on any atom is -0.387 e. The van der Waals surface area contributed by atoms with Crippen LogP contribution in [0.5, 0.6) is 0 Å². The molecule has 21 heavy (non-hydrogen) atoms. The van der Waals surface area contributed by atoms with Crippen LogP contribution in [-0.2, 0) is 19.3 Å². The number of fused-ring (bicyclic) bond motifs is 2. The van der Waals surface area contributed by atoms with E-state index in [0.717, 1.165) is 11.3 Å². The largest absolute Gasteiger partial charge is 0.387 e. The molecule has 4 rings (SSSR count). The van der Waals surface area contributed by atoms with Crippen molar-refractivity contribution in [1.29, 1.82) is 0 Å². The van der Waals surface area contributed by atoms with Crippen LogP contribution in [0.15, 0.2) is 35.7 Å². The SMILES string of the molecule is OC(Cc1csc2ccccc12)c1cc2c(s1)CCCC2. The topological polar surface area (TPSA) is 20.2 Å². The first-order chi connectivity index (χ1) is 10.3. The summed E-state index contributed by atoms with van der Waals surface area (Å²) in [5.74, 6) is 0. The van der Waals surface area contributed by atoms with E-state index in [9.17, 15) is 5.11 Å². The summed E-state index contributed by atoms with van der Waals surface area (Å²) < 4.78 is 1.31. The van der Waals surface area contributed by atoms with Crippen molar-refractivity contribution < 1.29 is 5.11 Å². The zero-order valence-electron chi connectivity index (χ0n) is 11.8. The van der Waals surface area contributed by atoms with Crippen LogP contribution in [0.25, 0.3) is 10.1 Å². The van der Waals surface area contributed by atoms with Crippen LogP contribution >= 0.6 is 22.7 Å². The van der Waals surface area contributed by atoms with Gasteiger partial charge in [0.2, 0.25) is 0 Å². The number of thiophene rings is 2. The molecule has 0 saturated heterocycles. The highest BCUT2D eigenvalue weighted by Gasteiger charge is 2.18. The quantitative estimate of drug-likeness (QED) is 0.711. The maximum absolute atomic E-state index is 10.6. The third-order valence-corrected chi connectivity index (χ3v) is 6.67. The predicted molar refractivity (Wildman–Crippen MR) is 91.4 cm³/mol. The molecule has 2 aromatic heterocycles. The zero-order valence-corrected chi connectivity index (χ0v) is 13.5. The Morgan fingerprint density at radius 3 is 2.90 bits per heavy atom. The Bertz CT molecular complexity index is 745. The van der Waals surface area contributed by atoms with Crippen molar-refractivity contribution in [1.82, 2.24) is 0 Å². The average Bonchev–Trinajstić information content (AvgIpc) is 3.11. The van der Waals surface area contributed by atoms with Gasteiger partial charge in [-0.15, -0.1) is 22.7 Å². The molecule has 0 fully saturated rings. The fraction of sp³-hybridized carbons (Fsp3) is 0.333. The van der Waals surface area contributed by atoms with Gasteiger partial charge in [0.25, 0.3) is 0 Å². The van der Waals surface area contributed by atoms with E-state index in [1.807, 2.05) is 11.3 Å². The van der Waals surface area contributed by atoms with E-state index in [4.69, 9.17) is 0 Å². The standard InChI is InChI=1S/C18H18OS2/c19-15(18-10-12-5-1-3-7-16(12)21-18)9-13-11-20-17-8-4-2-6-14(13)17/h2,4,6,8,10-11,15,19H,1,3,5,7,9H2. The molecular formula is C18H18OS2. The Kier molecular flexibility index (Phi) is 3.57. The van der Waals surface area contributed by atoms with Gasteiger partial charge in [0.05, 0.1) is 6.10 Å². The van der Waals surface area contributed by atoms with E-state index >= 15 is 0 Å². The molecule has 1 unspecified atom stereocenters. The molecule has 0 bridgehead atoms. The van der Waals surface area contributed by atoms with Gasteiger partial charge >= 0.3 is 0 Å². The van der Waals surface area contributed by atoms with Crippen molar-refractivity contribution >= 4 is 32.8 Å². The lowest BCUT2D eigenvalue weighted by molar-refractivity contribution is 0.183. The Hall–Kier alpha value is -1.16. The first kappa shape index (κ1) is 13.5.